The average molecular weight is 211 g/mol. The first-order valence-corrected chi connectivity index (χ1v) is 4.68. The lowest BCUT2D eigenvalue weighted by molar-refractivity contribution is -0.142. The fourth-order valence-electron chi connectivity index (χ4n) is 1.25. The standard InChI is InChI=1S/C10H13NO4/c1-7(2)10(13)14-5-8-3-4-9(15-8)11-6-12/h8-9H,1,3-5H2,2H3. The topological polar surface area (TPSA) is 65.0 Å². The van der Waals surface area contributed by atoms with Crippen LogP contribution in [0.15, 0.2) is 17.1 Å². The zero-order valence-corrected chi connectivity index (χ0v) is 8.56. The van der Waals surface area contributed by atoms with E-state index in [1.807, 2.05) is 0 Å². The lowest BCUT2D eigenvalue weighted by Crippen LogP contribution is -2.19. The lowest BCUT2D eigenvalue weighted by Gasteiger charge is -2.10. The van der Waals surface area contributed by atoms with Crippen LogP contribution >= 0.6 is 0 Å². The molecule has 5 nitrogen and oxygen atoms in total. The fraction of sp³-hybridized carbons (Fsp3) is 0.600. The third-order valence-electron chi connectivity index (χ3n) is 2.03. The van der Waals surface area contributed by atoms with Crippen LogP contribution in [-0.4, -0.2) is 31.0 Å². The molecule has 15 heavy (non-hydrogen) atoms. The molecule has 0 aromatic heterocycles. The maximum absolute atomic E-state index is 11.0. The monoisotopic (exact) mass is 211 g/mol. The highest BCUT2D eigenvalue weighted by Crippen LogP contribution is 2.20. The van der Waals surface area contributed by atoms with Gasteiger partial charge in [-0.2, -0.15) is 4.99 Å². The molecule has 1 heterocycles. The van der Waals surface area contributed by atoms with Gasteiger partial charge in [0.05, 0.1) is 6.10 Å². The van der Waals surface area contributed by atoms with Crippen LogP contribution in [-0.2, 0) is 19.1 Å². The number of hydrogen-bond donors (Lipinski definition) is 0. The van der Waals surface area contributed by atoms with E-state index in [-0.39, 0.29) is 12.7 Å². The van der Waals surface area contributed by atoms with E-state index < -0.39 is 12.2 Å². The maximum Gasteiger partial charge on any atom is 0.333 e. The van der Waals surface area contributed by atoms with E-state index in [0.29, 0.717) is 12.0 Å². The number of rotatable bonds is 4. The summed E-state index contributed by atoms with van der Waals surface area (Å²) >= 11 is 0. The Morgan fingerprint density at radius 3 is 3.00 bits per heavy atom. The van der Waals surface area contributed by atoms with Crippen LogP contribution in [0.25, 0.3) is 0 Å². The molecular weight excluding hydrogens is 198 g/mol. The highest BCUT2D eigenvalue weighted by atomic mass is 16.6. The van der Waals surface area contributed by atoms with Gasteiger partial charge in [-0.3, -0.25) is 0 Å². The van der Waals surface area contributed by atoms with Gasteiger partial charge in [-0.25, -0.2) is 9.59 Å². The van der Waals surface area contributed by atoms with Gasteiger partial charge in [-0.1, -0.05) is 6.58 Å². The van der Waals surface area contributed by atoms with Crippen molar-refractivity contribution in [1.82, 2.24) is 0 Å². The molecule has 0 aromatic carbocycles. The Kier molecular flexibility index (Phi) is 4.21. The summed E-state index contributed by atoms with van der Waals surface area (Å²) in [5.74, 6) is -0.430. The summed E-state index contributed by atoms with van der Waals surface area (Å²) in [6.45, 7) is 5.22. The summed E-state index contributed by atoms with van der Waals surface area (Å²) in [7, 11) is 0. The fourth-order valence-corrected chi connectivity index (χ4v) is 1.25. The van der Waals surface area contributed by atoms with E-state index in [1.165, 1.54) is 6.08 Å². The summed E-state index contributed by atoms with van der Waals surface area (Å²) in [5.41, 5.74) is 0.357. The number of ether oxygens (including phenoxy) is 2. The molecule has 0 bridgehead atoms. The lowest BCUT2D eigenvalue weighted by atomic mass is 10.2. The van der Waals surface area contributed by atoms with Crippen molar-refractivity contribution in [1.29, 1.82) is 0 Å². The van der Waals surface area contributed by atoms with Crippen LogP contribution in [0.2, 0.25) is 0 Å². The Bertz CT molecular complexity index is 307. The SMILES string of the molecule is C=C(C)C(=O)OCC1CCC(N=C=O)O1. The second kappa shape index (κ2) is 5.44. The molecular formula is C10H13NO4. The molecule has 0 amide bonds. The molecule has 1 aliphatic rings. The second-order valence-electron chi connectivity index (χ2n) is 3.39. The molecule has 2 unspecified atom stereocenters. The highest BCUT2D eigenvalue weighted by molar-refractivity contribution is 5.86. The Hall–Kier alpha value is -1.45. The largest absolute Gasteiger partial charge is 0.460 e. The van der Waals surface area contributed by atoms with Crippen LogP contribution in [0.5, 0.6) is 0 Å². The molecule has 1 saturated heterocycles. The van der Waals surface area contributed by atoms with Crippen molar-refractivity contribution in [2.24, 2.45) is 4.99 Å². The van der Waals surface area contributed by atoms with Gasteiger partial charge in [0, 0.05) is 5.57 Å². The number of carbonyl (C=O) groups is 1. The molecule has 0 aliphatic carbocycles. The summed E-state index contributed by atoms with van der Waals surface area (Å²) in [4.78, 5) is 24.4. The van der Waals surface area contributed by atoms with Gasteiger partial charge in [0.1, 0.15) is 6.61 Å². The molecule has 0 spiro atoms. The zero-order chi connectivity index (χ0) is 11.3. The van der Waals surface area contributed by atoms with Gasteiger partial charge in [0.2, 0.25) is 6.08 Å². The molecule has 5 heteroatoms. The van der Waals surface area contributed by atoms with Crippen molar-refractivity contribution in [3.05, 3.63) is 12.2 Å². The number of carbonyl (C=O) groups excluding carboxylic acids is 2. The summed E-state index contributed by atoms with van der Waals surface area (Å²) in [5, 5.41) is 0. The Morgan fingerprint density at radius 1 is 1.67 bits per heavy atom. The molecule has 0 aromatic rings. The minimum atomic E-state index is -0.434. The molecule has 0 N–H and O–H groups in total. The molecule has 2 atom stereocenters. The molecule has 0 saturated carbocycles. The third-order valence-corrected chi connectivity index (χ3v) is 2.03. The second-order valence-corrected chi connectivity index (χ2v) is 3.39. The molecule has 1 aliphatic heterocycles. The van der Waals surface area contributed by atoms with Gasteiger partial charge in [0.15, 0.2) is 6.23 Å². The third kappa shape index (κ3) is 3.65. The van der Waals surface area contributed by atoms with Crippen molar-refractivity contribution in [2.45, 2.75) is 32.1 Å². The summed E-state index contributed by atoms with van der Waals surface area (Å²) < 4.78 is 10.2. The van der Waals surface area contributed by atoms with Gasteiger partial charge >= 0.3 is 5.97 Å². The van der Waals surface area contributed by atoms with Crippen molar-refractivity contribution >= 4 is 12.0 Å². The molecule has 1 rings (SSSR count). The number of aliphatic imine (C=N–C) groups is 1. The zero-order valence-electron chi connectivity index (χ0n) is 8.56. The van der Waals surface area contributed by atoms with Gasteiger partial charge < -0.3 is 9.47 Å². The summed E-state index contributed by atoms with van der Waals surface area (Å²) in [6.07, 6.45) is 2.20. The van der Waals surface area contributed by atoms with Gasteiger partial charge in [-0.05, 0) is 19.8 Å². The normalized spacial score (nSPS) is 24.3. The van der Waals surface area contributed by atoms with E-state index in [1.54, 1.807) is 6.92 Å². The number of nitrogens with zero attached hydrogens (tertiary/aromatic N) is 1. The van der Waals surface area contributed by atoms with E-state index in [0.717, 1.165) is 6.42 Å². The highest BCUT2D eigenvalue weighted by Gasteiger charge is 2.25. The molecule has 1 fully saturated rings. The first-order chi connectivity index (χ1) is 7.13. The first kappa shape index (κ1) is 11.6. The van der Waals surface area contributed by atoms with E-state index in [4.69, 9.17) is 9.47 Å². The van der Waals surface area contributed by atoms with Gasteiger partial charge in [0.25, 0.3) is 0 Å². The van der Waals surface area contributed by atoms with Crippen molar-refractivity contribution in [3.8, 4) is 0 Å². The van der Waals surface area contributed by atoms with E-state index >= 15 is 0 Å². The average Bonchev–Trinajstić information content (AvgIpc) is 2.62. The number of isocyanates is 1. The molecule has 82 valence electrons. The van der Waals surface area contributed by atoms with Crippen LogP contribution in [0.1, 0.15) is 19.8 Å². The smallest absolute Gasteiger partial charge is 0.333 e. The van der Waals surface area contributed by atoms with Crippen molar-refractivity contribution < 1.29 is 19.1 Å². The Morgan fingerprint density at radius 2 is 2.40 bits per heavy atom. The predicted octanol–water partition coefficient (Wildman–Crippen LogP) is 0.947. The minimum Gasteiger partial charge on any atom is -0.460 e. The van der Waals surface area contributed by atoms with Crippen LogP contribution in [0, 0.1) is 0 Å². The van der Waals surface area contributed by atoms with Gasteiger partial charge in [-0.15, -0.1) is 0 Å². The van der Waals surface area contributed by atoms with Crippen LogP contribution in [0.4, 0.5) is 0 Å². The van der Waals surface area contributed by atoms with Crippen LogP contribution < -0.4 is 0 Å². The minimum absolute atomic E-state index is 0.177. The van der Waals surface area contributed by atoms with Crippen LogP contribution in [0.3, 0.4) is 0 Å². The number of hydrogen-bond acceptors (Lipinski definition) is 5. The van der Waals surface area contributed by atoms with E-state index in [2.05, 4.69) is 11.6 Å². The maximum atomic E-state index is 11.0. The summed E-state index contributed by atoms with van der Waals surface area (Å²) in [6, 6.07) is 0. The van der Waals surface area contributed by atoms with Crippen molar-refractivity contribution in [2.75, 3.05) is 6.61 Å². The Balaban J connectivity index is 2.27. The first-order valence-electron chi connectivity index (χ1n) is 4.68. The quantitative estimate of drug-likeness (QED) is 0.300. The predicted molar refractivity (Wildman–Crippen MR) is 51.8 cm³/mol. The van der Waals surface area contributed by atoms with E-state index in [9.17, 15) is 9.59 Å². The number of esters is 1. The van der Waals surface area contributed by atoms with Crippen molar-refractivity contribution in [3.63, 3.8) is 0 Å². The Labute approximate surface area is 87.8 Å². The molecule has 0 radical (unpaired) electrons.